The first kappa shape index (κ1) is 26.1. The van der Waals surface area contributed by atoms with Crippen molar-refractivity contribution < 1.29 is 14.6 Å². The summed E-state index contributed by atoms with van der Waals surface area (Å²) in [5.74, 6) is 1.95. The zero-order valence-electron chi connectivity index (χ0n) is 21.9. The molecule has 4 aromatic carbocycles. The smallest absolute Gasteiger partial charge is 0.119 e. The van der Waals surface area contributed by atoms with Gasteiger partial charge in [-0.15, -0.1) is 0 Å². The van der Waals surface area contributed by atoms with Gasteiger partial charge >= 0.3 is 0 Å². The first-order valence-corrected chi connectivity index (χ1v) is 12.7. The lowest BCUT2D eigenvalue weighted by molar-refractivity contribution is 0.261. The number of nitrogens with zero attached hydrogens (tertiary/aromatic N) is 1. The van der Waals surface area contributed by atoms with Crippen LogP contribution in [0.2, 0.25) is 0 Å². The first-order valence-electron chi connectivity index (χ1n) is 12.7. The number of phenols is 1. The van der Waals surface area contributed by atoms with Crippen molar-refractivity contribution >= 4 is 11.1 Å². The van der Waals surface area contributed by atoms with Crippen molar-refractivity contribution in [3.8, 4) is 17.2 Å². The standard InChI is InChI=1S/C33H35NO3/c1-4-32(26-12-18-31(19-13-26)37-24-25-8-6-5-7-9-25)33(27-10-16-29(35)17-11-27)28-14-20-30(21-15-28)36-23-22-34(2)3/h5-21,35H,4,22-24H2,1-3H3/b33-32-. The number of benzene rings is 4. The number of phenolic OH excluding ortho intramolecular Hbond substituents is 1. The summed E-state index contributed by atoms with van der Waals surface area (Å²) in [5.41, 5.74) is 6.81. The molecule has 0 fully saturated rings. The topological polar surface area (TPSA) is 41.9 Å². The van der Waals surface area contributed by atoms with Crippen LogP contribution >= 0.6 is 0 Å². The van der Waals surface area contributed by atoms with Crippen molar-refractivity contribution in [3.63, 3.8) is 0 Å². The minimum atomic E-state index is 0.255. The van der Waals surface area contributed by atoms with Gasteiger partial charge in [-0.25, -0.2) is 0 Å². The van der Waals surface area contributed by atoms with E-state index >= 15 is 0 Å². The zero-order valence-corrected chi connectivity index (χ0v) is 21.9. The third kappa shape index (κ3) is 7.25. The molecule has 0 saturated carbocycles. The molecule has 0 bridgehead atoms. The summed E-state index contributed by atoms with van der Waals surface area (Å²) in [4.78, 5) is 2.10. The molecule has 190 valence electrons. The van der Waals surface area contributed by atoms with E-state index in [4.69, 9.17) is 9.47 Å². The van der Waals surface area contributed by atoms with Crippen LogP contribution < -0.4 is 9.47 Å². The number of likely N-dealkylation sites (N-methyl/N-ethyl adjacent to an activating group) is 1. The highest BCUT2D eigenvalue weighted by atomic mass is 16.5. The van der Waals surface area contributed by atoms with Crippen LogP contribution in [0.25, 0.3) is 11.1 Å². The van der Waals surface area contributed by atoms with E-state index in [-0.39, 0.29) is 5.75 Å². The summed E-state index contributed by atoms with van der Waals surface area (Å²) in [7, 11) is 4.07. The third-order valence-corrected chi connectivity index (χ3v) is 6.21. The highest BCUT2D eigenvalue weighted by Crippen LogP contribution is 2.36. The Bertz CT molecular complexity index is 1280. The van der Waals surface area contributed by atoms with E-state index in [0.717, 1.165) is 52.3 Å². The number of hydrogen-bond donors (Lipinski definition) is 1. The summed E-state index contributed by atoms with van der Waals surface area (Å²) < 4.78 is 11.9. The minimum Gasteiger partial charge on any atom is -0.508 e. The van der Waals surface area contributed by atoms with Crippen LogP contribution in [0.3, 0.4) is 0 Å². The maximum absolute atomic E-state index is 9.89. The molecule has 0 aliphatic heterocycles. The number of aromatic hydroxyl groups is 1. The van der Waals surface area contributed by atoms with Crippen molar-refractivity contribution in [2.75, 3.05) is 27.2 Å². The monoisotopic (exact) mass is 493 g/mol. The molecule has 0 unspecified atom stereocenters. The highest BCUT2D eigenvalue weighted by molar-refractivity contribution is 5.98. The molecule has 0 spiro atoms. The second-order valence-corrected chi connectivity index (χ2v) is 9.23. The van der Waals surface area contributed by atoms with E-state index in [1.54, 1.807) is 12.1 Å². The van der Waals surface area contributed by atoms with Crippen molar-refractivity contribution in [2.24, 2.45) is 0 Å². The number of hydrogen-bond acceptors (Lipinski definition) is 4. The van der Waals surface area contributed by atoms with E-state index in [1.807, 2.05) is 68.7 Å². The summed E-state index contributed by atoms with van der Waals surface area (Å²) in [6.07, 6.45) is 0.849. The van der Waals surface area contributed by atoms with Crippen LogP contribution in [0.1, 0.15) is 35.6 Å². The average molecular weight is 494 g/mol. The maximum atomic E-state index is 9.89. The van der Waals surface area contributed by atoms with Crippen molar-refractivity contribution in [3.05, 3.63) is 125 Å². The minimum absolute atomic E-state index is 0.255. The molecule has 0 atom stereocenters. The Labute approximate surface area is 220 Å². The predicted octanol–water partition coefficient (Wildman–Crippen LogP) is 7.28. The molecule has 4 rings (SSSR count). The Balaban J connectivity index is 1.63. The quantitative estimate of drug-likeness (QED) is 0.223. The fraction of sp³-hybridized carbons (Fsp3) is 0.212. The summed E-state index contributed by atoms with van der Waals surface area (Å²) >= 11 is 0. The van der Waals surface area contributed by atoms with E-state index in [1.165, 1.54) is 5.57 Å². The van der Waals surface area contributed by atoms with Gasteiger partial charge in [-0.1, -0.05) is 73.7 Å². The van der Waals surface area contributed by atoms with Gasteiger partial charge in [0.1, 0.15) is 30.5 Å². The molecule has 0 aromatic heterocycles. The SMILES string of the molecule is CC/C(=C(\c1ccc(O)cc1)c1ccc(OCCN(C)C)cc1)c1ccc(OCc2ccccc2)cc1. The van der Waals surface area contributed by atoms with Crippen LogP contribution in [0.5, 0.6) is 17.2 Å². The molecule has 37 heavy (non-hydrogen) atoms. The molecule has 0 aliphatic carbocycles. The van der Waals surface area contributed by atoms with Gasteiger partial charge in [-0.05, 0) is 90.3 Å². The number of allylic oxidation sites excluding steroid dienone is 1. The number of ether oxygens (including phenoxy) is 2. The molecule has 0 aliphatic rings. The fourth-order valence-corrected chi connectivity index (χ4v) is 4.23. The fourth-order valence-electron chi connectivity index (χ4n) is 4.23. The van der Waals surface area contributed by atoms with Crippen LogP contribution in [-0.4, -0.2) is 37.3 Å². The molecule has 1 N–H and O–H groups in total. The Morgan fingerprint density at radius 1 is 0.676 bits per heavy atom. The first-order chi connectivity index (χ1) is 18.0. The highest BCUT2D eigenvalue weighted by Gasteiger charge is 2.14. The van der Waals surface area contributed by atoms with E-state index in [9.17, 15) is 5.11 Å². The largest absolute Gasteiger partial charge is 0.508 e. The maximum Gasteiger partial charge on any atom is 0.119 e. The van der Waals surface area contributed by atoms with E-state index < -0.39 is 0 Å². The van der Waals surface area contributed by atoms with Gasteiger partial charge in [0.05, 0.1) is 0 Å². The van der Waals surface area contributed by atoms with Crippen LogP contribution in [0.15, 0.2) is 103 Å². The van der Waals surface area contributed by atoms with Crippen LogP contribution in [-0.2, 0) is 6.61 Å². The van der Waals surface area contributed by atoms with Crippen molar-refractivity contribution in [2.45, 2.75) is 20.0 Å². The molecule has 4 heteroatoms. The molecule has 0 heterocycles. The molecule has 4 nitrogen and oxygen atoms in total. The Morgan fingerprint density at radius 3 is 1.78 bits per heavy atom. The van der Waals surface area contributed by atoms with Gasteiger partial charge < -0.3 is 19.5 Å². The second kappa shape index (κ2) is 12.8. The van der Waals surface area contributed by atoms with Gasteiger partial charge in [0.2, 0.25) is 0 Å². The van der Waals surface area contributed by atoms with Gasteiger partial charge in [0.25, 0.3) is 0 Å². The van der Waals surface area contributed by atoms with Gasteiger partial charge in [0.15, 0.2) is 0 Å². The third-order valence-electron chi connectivity index (χ3n) is 6.21. The summed E-state index contributed by atoms with van der Waals surface area (Å²) in [6, 6.07) is 34.2. The van der Waals surface area contributed by atoms with Crippen molar-refractivity contribution in [1.29, 1.82) is 0 Å². The molecule has 0 amide bonds. The zero-order chi connectivity index (χ0) is 26.0. The van der Waals surface area contributed by atoms with Gasteiger partial charge in [-0.3, -0.25) is 0 Å². The van der Waals surface area contributed by atoms with Crippen LogP contribution in [0.4, 0.5) is 0 Å². The van der Waals surface area contributed by atoms with Gasteiger partial charge in [-0.2, -0.15) is 0 Å². The van der Waals surface area contributed by atoms with E-state index in [2.05, 4.69) is 48.2 Å². The lowest BCUT2D eigenvalue weighted by Gasteiger charge is -2.17. The van der Waals surface area contributed by atoms with Crippen molar-refractivity contribution in [1.82, 2.24) is 4.90 Å². The Morgan fingerprint density at radius 2 is 1.22 bits per heavy atom. The second-order valence-electron chi connectivity index (χ2n) is 9.23. The molecule has 4 aromatic rings. The summed E-state index contributed by atoms with van der Waals surface area (Å²) in [5, 5.41) is 9.89. The predicted molar refractivity (Wildman–Crippen MR) is 152 cm³/mol. The Kier molecular flexibility index (Phi) is 9.01. The lowest BCUT2D eigenvalue weighted by Crippen LogP contribution is -2.19. The van der Waals surface area contributed by atoms with Gasteiger partial charge in [0, 0.05) is 6.54 Å². The molecular weight excluding hydrogens is 458 g/mol. The average Bonchev–Trinajstić information content (AvgIpc) is 2.92. The normalized spacial score (nSPS) is 11.8. The molecular formula is C33H35NO3. The van der Waals surface area contributed by atoms with Crippen LogP contribution in [0, 0.1) is 0 Å². The Hall–Kier alpha value is -4.02. The molecule has 0 saturated heterocycles. The number of rotatable bonds is 11. The molecule has 0 radical (unpaired) electrons. The van der Waals surface area contributed by atoms with E-state index in [0.29, 0.717) is 13.2 Å². The lowest BCUT2D eigenvalue weighted by atomic mass is 9.88. The summed E-state index contributed by atoms with van der Waals surface area (Å²) in [6.45, 7) is 4.23.